The predicted octanol–water partition coefficient (Wildman–Crippen LogP) is 0.166. The molecule has 0 bridgehead atoms. The molecule has 10 heteroatoms. The van der Waals surface area contributed by atoms with Crippen LogP contribution in [0.2, 0.25) is 0 Å². The first-order chi connectivity index (χ1) is 11.6. The molecule has 25 heavy (non-hydrogen) atoms. The second kappa shape index (κ2) is 8.61. The average Bonchev–Trinajstić information content (AvgIpc) is 3.22. The molecular formula is C15H20ClN3O5S. The Morgan fingerprint density at radius 1 is 1.48 bits per heavy atom. The third-order valence-electron chi connectivity index (χ3n) is 4.06. The Bertz CT molecular complexity index is 647. The van der Waals surface area contributed by atoms with Gasteiger partial charge in [0.2, 0.25) is 11.8 Å². The van der Waals surface area contributed by atoms with Gasteiger partial charge < -0.3 is 25.0 Å². The summed E-state index contributed by atoms with van der Waals surface area (Å²) in [6.07, 6.45) is 0.497. The highest BCUT2D eigenvalue weighted by molar-refractivity contribution is 7.14. The predicted molar refractivity (Wildman–Crippen MR) is 94.4 cm³/mol. The van der Waals surface area contributed by atoms with E-state index in [0.29, 0.717) is 43.3 Å². The summed E-state index contributed by atoms with van der Waals surface area (Å²) in [6, 6.07) is 0.607. The number of carbonyl (C=O) groups excluding carboxylic acids is 3. The standard InChI is InChI=1S/C15H19N3O5S.ClH/c1-22-15(21)9-3-7-24-14(9)18-5-2-10(13(18)20)17-12(19)11-8-23-6-4-16-11;/h3,7,10-11,16H,2,4-6,8H2,1H3,(H,17,19);1H. The lowest BCUT2D eigenvalue weighted by atomic mass is 10.2. The Labute approximate surface area is 155 Å². The molecule has 2 fully saturated rings. The molecule has 2 aliphatic rings. The van der Waals surface area contributed by atoms with E-state index >= 15 is 0 Å². The van der Waals surface area contributed by atoms with E-state index in [1.165, 1.54) is 23.3 Å². The van der Waals surface area contributed by atoms with Crippen LogP contribution in [0.1, 0.15) is 16.8 Å². The number of rotatable bonds is 4. The van der Waals surface area contributed by atoms with E-state index in [1.54, 1.807) is 11.4 Å². The number of carbonyl (C=O) groups is 3. The summed E-state index contributed by atoms with van der Waals surface area (Å²) in [5.41, 5.74) is 0.366. The molecule has 2 saturated heterocycles. The van der Waals surface area contributed by atoms with Gasteiger partial charge in [0.15, 0.2) is 0 Å². The molecule has 2 N–H and O–H groups in total. The number of ether oxygens (including phenoxy) is 2. The SMILES string of the molecule is COC(=O)c1ccsc1N1CCC(NC(=O)C2COCCN2)C1=O.Cl. The Hall–Kier alpha value is -1.68. The van der Waals surface area contributed by atoms with Crippen LogP contribution in [-0.4, -0.2) is 63.3 Å². The third kappa shape index (κ3) is 4.12. The molecule has 2 unspecified atom stereocenters. The fourth-order valence-electron chi connectivity index (χ4n) is 2.80. The van der Waals surface area contributed by atoms with Gasteiger partial charge in [0.05, 0.1) is 25.9 Å². The normalized spacial score (nSPS) is 23.1. The van der Waals surface area contributed by atoms with E-state index in [4.69, 9.17) is 9.47 Å². The van der Waals surface area contributed by atoms with E-state index in [2.05, 4.69) is 10.6 Å². The Morgan fingerprint density at radius 3 is 2.96 bits per heavy atom. The van der Waals surface area contributed by atoms with Gasteiger partial charge in [-0.05, 0) is 17.9 Å². The van der Waals surface area contributed by atoms with E-state index in [-0.39, 0.29) is 24.2 Å². The summed E-state index contributed by atoms with van der Waals surface area (Å²) in [7, 11) is 1.30. The summed E-state index contributed by atoms with van der Waals surface area (Å²) < 4.78 is 10.00. The lowest BCUT2D eigenvalue weighted by Crippen LogP contribution is -2.54. The first-order valence-electron chi connectivity index (χ1n) is 7.70. The molecule has 0 saturated carbocycles. The van der Waals surface area contributed by atoms with Crippen LogP contribution in [0.4, 0.5) is 5.00 Å². The van der Waals surface area contributed by atoms with Crippen molar-refractivity contribution in [1.29, 1.82) is 0 Å². The van der Waals surface area contributed by atoms with E-state index in [9.17, 15) is 14.4 Å². The molecule has 8 nitrogen and oxygen atoms in total. The summed E-state index contributed by atoms with van der Waals surface area (Å²) in [5, 5.41) is 8.12. The van der Waals surface area contributed by atoms with Crippen molar-refractivity contribution in [3.8, 4) is 0 Å². The van der Waals surface area contributed by atoms with Crippen molar-refractivity contribution in [1.82, 2.24) is 10.6 Å². The highest BCUT2D eigenvalue weighted by atomic mass is 35.5. The number of nitrogens with one attached hydrogen (secondary N) is 2. The van der Waals surface area contributed by atoms with Crippen molar-refractivity contribution in [2.45, 2.75) is 18.5 Å². The largest absolute Gasteiger partial charge is 0.465 e. The highest BCUT2D eigenvalue weighted by Gasteiger charge is 2.37. The van der Waals surface area contributed by atoms with E-state index in [0.717, 1.165) is 0 Å². The van der Waals surface area contributed by atoms with E-state index in [1.807, 2.05) is 0 Å². The minimum atomic E-state index is -0.589. The van der Waals surface area contributed by atoms with Gasteiger partial charge >= 0.3 is 5.97 Å². The van der Waals surface area contributed by atoms with Gasteiger partial charge in [-0.3, -0.25) is 9.59 Å². The maximum Gasteiger partial charge on any atom is 0.340 e. The smallest absolute Gasteiger partial charge is 0.340 e. The monoisotopic (exact) mass is 389 g/mol. The summed E-state index contributed by atoms with van der Waals surface area (Å²) in [5.74, 6) is -0.933. The van der Waals surface area contributed by atoms with Crippen molar-refractivity contribution >= 4 is 46.5 Å². The fraction of sp³-hybridized carbons (Fsp3) is 0.533. The quantitative estimate of drug-likeness (QED) is 0.712. The maximum absolute atomic E-state index is 12.6. The molecule has 3 heterocycles. The van der Waals surface area contributed by atoms with Crippen LogP contribution in [0.5, 0.6) is 0 Å². The van der Waals surface area contributed by atoms with Gasteiger partial charge in [0, 0.05) is 13.1 Å². The van der Waals surface area contributed by atoms with Gasteiger partial charge in [0.25, 0.3) is 0 Å². The molecular weight excluding hydrogens is 370 g/mol. The number of morpholine rings is 1. The van der Waals surface area contributed by atoms with Crippen LogP contribution >= 0.6 is 23.7 Å². The fourth-order valence-corrected chi connectivity index (χ4v) is 3.72. The van der Waals surface area contributed by atoms with Crippen LogP contribution in [0.25, 0.3) is 0 Å². The van der Waals surface area contributed by atoms with Gasteiger partial charge in [-0.15, -0.1) is 23.7 Å². The van der Waals surface area contributed by atoms with Gasteiger partial charge in [0.1, 0.15) is 17.1 Å². The number of esters is 1. The second-order valence-electron chi connectivity index (χ2n) is 5.55. The molecule has 1 aromatic rings. The lowest BCUT2D eigenvalue weighted by molar-refractivity contribution is -0.129. The lowest BCUT2D eigenvalue weighted by Gasteiger charge is -2.24. The summed E-state index contributed by atoms with van der Waals surface area (Å²) in [4.78, 5) is 38.1. The number of methoxy groups -OCH3 is 1. The number of nitrogens with zero attached hydrogens (tertiary/aromatic N) is 1. The Balaban J connectivity index is 0.00000225. The zero-order chi connectivity index (χ0) is 17.1. The number of anilines is 1. The number of hydrogen-bond donors (Lipinski definition) is 2. The number of hydrogen-bond acceptors (Lipinski definition) is 7. The molecule has 2 atom stereocenters. The molecule has 0 spiro atoms. The first-order valence-corrected chi connectivity index (χ1v) is 8.58. The maximum atomic E-state index is 12.6. The van der Waals surface area contributed by atoms with Crippen molar-refractivity contribution in [3.05, 3.63) is 17.0 Å². The second-order valence-corrected chi connectivity index (χ2v) is 6.45. The third-order valence-corrected chi connectivity index (χ3v) is 4.99. The molecule has 3 rings (SSSR count). The number of thiophene rings is 1. The zero-order valence-electron chi connectivity index (χ0n) is 13.6. The summed E-state index contributed by atoms with van der Waals surface area (Å²) in [6.45, 7) is 1.94. The van der Waals surface area contributed by atoms with Crippen LogP contribution < -0.4 is 15.5 Å². The van der Waals surface area contributed by atoms with Gasteiger partial charge in [-0.1, -0.05) is 0 Å². The molecule has 0 aromatic carbocycles. The molecule has 0 radical (unpaired) electrons. The van der Waals surface area contributed by atoms with Crippen molar-refractivity contribution in [2.75, 3.05) is 38.3 Å². The van der Waals surface area contributed by atoms with Crippen LogP contribution in [0, 0.1) is 0 Å². The van der Waals surface area contributed by atoms with Crippen molar-refractivity contribution in [2.24, 2.45) is 0 Å². The molecule has 2 amide bonds. The summed E-state index contributed by atoms with van der Waals surface area (Å²) >= 11 is 1.30. The Morgan fingerprint density at radius 2 is 2.28 bits per heavy atom. The van der Waals surface area contributed by atoms with Gasteiger partial charge in [-0.25, -0.2) is 4.79 Å². The van der Waals surface area contributed by atoms with Gasteiger partial charge in [-0.2, -0.15) is 0 Å². The minimum Gasteiger partial charge on any atom is -0.465 e. The number of halogens is 1. The first kappa shape index (κ1) is 19.6. The minimum absolute atomic E-state index is 0. The zero-order valence-corrected chi connectivity index (χ0v) is 15.3. The van der Waals surface area contributed by atoms with Crippen molar-refractivity contribution in [3.63, 3.8) is 0 Å². The van der Waals surface area contributed by atoms with Crippen LogP contribution in [0.15, 0.2) is 11.4 Å². The molecule has 0 aliphatic carbocycles. The number of amides is 2. The van der Waals surface area contributed by atoms with Crippen molar-refractivity contribution < 1.29 is 23.9 Å². The van der Waals surface area contributed by atoms with Crippen LogP contribution in [0.3, 0.4) is 0 Å². The molecule has 2 aliphatic heterocycles. The molecule has 138 valence electrons. The Kier molecular flexibility index (Phi) is 6.77. The molecule has 1 aromatic heterocycles. The highest BCUT2D eigenvalue weighted by Crippen LogP contribution is 2.31. The topological polar surface area (TPSA) is 97.0 Å². The average molecular weight is 390 g/mol. The van der Waals surface area contributed by atoms with E-state index < -0.39 is 18.1 Å². The van der Waals surface area contributed by atoms with Crippen LogP contribution in [-0.2, 0) is 19.1 Å².